The second kappa shape index (κ2) is 4.71. The summed E-state index contributed by atoms with van der Waals surface area (Å²) in [6.45, 7) is 3.89. The fraction of sp³-hybridized carbons (Fsp3) is 0.400. The molecular formula is C10H10Br2F2. The van der Waals surface area contributed by atoms with Gasteiger partial charge < -0.3 is 0 Å². The van der Waals surface area contributed by atoms with Crippen molar-refractivity contribution in [3.8, 4) is 0 Å². The summed E-state index contributed by atoms with van der Waals surface area (Å²) in [5.41, 5.74) is 0.362. The Bertz CT molecular complexity index is 337. The Labute approximate surface area is 99.0 Å². The van der Waals surface area contributed by atoms with Gasteiger partial charge in [0.25, 0.3) is 0 Å². The second-order valence-corrected chi connectivity index (χ2v) is 5.27. The van der Waals surface area contributed by atoms with Gasteiger partial charge in [-0.1, -0.05) is 29.8 Å². The summed E-state index contributed by atoms with van der Waals surface area (Å²) >= 11 is 6.27. The topological polar surface area (TPSA) is 0 Å². The highest BCUT2D eigenvalue weighted by atomic mass is 79.9. The van der Waals surface area contributed by atoms with Crippen molar-refractivity contribution >= 4 is 31.9 Å². The molecule has 14 heavy (non-hydrogen) atoms. The van der Waals surface area contributed by atoms with Crippen molar-refractivity contribution in [3.05, 3.63) is 33.8 Å². The van der Waals surface area contributed by atoms with Crippen LogP contribution in [0.1, 0.15) is 24.2 Å². The molecule has 0 fully saturated rings. The van der Waals surface area contributed by atoms with Gasteiger partial charge in [-0.15, -0.1) is 0 Å². The average molecular weight is 328 g/mol. The lowest BCUT2D eigenvalue weighted by Gasteiger charge is -2.15. The lowest BCUT2D eigenvalue weighted by molar-refractivity contribution is 0.553. The Kier molecular flexibility index (Phi) is 4.07. The van der Waals surface area contributed by atoms with Gasteiger partial charge in [-0.3, -0.25) is 0 Å². The molecule has 0 aliphatic heterocycles. The van der Waals surface area contributed by atoms with Crippen LogP contribution < -0.4 is 0 Å². The van der Waals surface area contributed by atoms with E-state index in [1.165, 1.54) is 6.07 Å². The van der Waals surface area contributed by atoms with Crippen LogP contribution in [0.5, 0.6) is 0 Å². The van der Waals surface area contributed by atoms with E-state index in [2.05, 4.69) is 31.9 Å². The third kappa shape index (κ3) is 2.54. The molecule has 0 radical (unpaired) electrons. The molecule has 0 nitrogen and oxygen atoms in total. The molecule has 0 aliphatic rings. The van der Waals surface area contributed by atoms with E-state index in [0.717, 1.165) is 6.07 Å². The molecule has 78 valence electrons. The van der Waals surface area contributed by atoms with E-state index in [1.807, 2.05) is 13.8 Å². The van der Waals surface area contributed by atoms with Crippen LogP contribution in [-0.4, -0.2) is 0 Å². The average Bonchev–Trinajstić information content (AvgIpc) is 2.10. The van der Waals surface area contributed by atoms with Crippen molar-refractivity contribution in [2.75, 3.05) is 0 Å². The van der Waals surface area contributed by atoms with Gasteiger partial charge in [0.2, 0.25) is 0 Å². The first-order valence-electron chi connectivity index (χ1n) is 4.22. The largest absolute Gasteiger partial charge is 0.207 e. The summed E-state index contributed by atoms with van der Waals surface area (Å²) in [4.78, 5) is -0.162. The number of benzene rings is 1. The molecular weight excluding hydrogens is 318 g/mol. The van der Waals surface area contributed by atoms with E-state index >= 15 is 0 Å². The summed E-state index contributed by atoms with van der Waals surface area (Å²) in [5.74, 6) is -0.620. The summed E-state index contributed by atoms with van der Waals surface area (Å²) in [5, 5.41) is 0. The van der Waals surface area contributed by atoms with Gasteiger partial charge in [-0.2, -0.15) is 0 Å². The van der Waals surface area contributed by atoms with Crippen molar-refractivity contribution in [3.63, 3.8) is 0 Å². The molecule has 1 unspecified atom stereocenters. The Morgan fingerprint density at radius 3 is 2.21 bits per heavy atom. The summed E-state index contributed by atoms with van der Waals surface area (Å²) in [7, 11) is 0. The van der Waals surface area contributed by atoms with Gasteiger partial charge in [0.1, 0.15) is 11.6 Å². The first-order chi connectivity index (χ1) is 6.43. The molecule has 1 rings (SSSR count). The predicted molar refractivity (Wildman–Crippen MR) is 60.6 cm³/mol. The van der Waals surface area contributed by atoms with Crippen molar-refractivity contribution < 1.29 is 8.78 Å². The van der Waals surface area contributed by atoms with Crippen molar-refractivity contribution in [1.82, 2.24) is 0 Å². The van der Waals surface area contributed by atoms with E-state index < -0.39 is 11.6 Å². The second-order valence-electron chi connectivity index (χ2n) is 3.43. The summed E-state index contributed by atoms with van der Waals surface area (Å²) < 4.78 is 26.7. The fourth-order valence-corrected chi connectivity index (χ4v) is 1.77. The van der Waals surface area contributed by atoms with Crippen LogP contribution in [-0.2, 0) is 0 Å². The van der Waals surface area contributed by atoms with E-state index in [9.17, 15) is 8.78 Å². The Morgan fingerprint density at radius 1 is 1.14 bits per heavy atom. The number of rotatable bonds is 2. The molecule has 1 aromatic carbocycles. The quantitative estimate of drug-likeness (QED) is 0.539. The van der Waals surface area contributed by atoms with Crippen LogP contribution >= 0.6 is 31.9 Å². The van der Waals surface area contributed by atoms with Gasteiger partial charge in [0.15, 0.2) is 0 Å². The standard InChI is InChI=1S/C10H10Br2F2/c1-5(2)10(12)6-3-9(14)7(11)4-8(6)13/h3-5,10H,1-2H3. The zero-order valence-corrected chi connectivity index (χ0v) is 11.0. The first kappa shape index (κ1) is 12.1. The minimum atomic E-state index is -0.438. The minimum absolute atomic E-state index is 0.155. The SMILES string of the molecule is CC(C)C(Br)c1cc(F)c(Br)cc1F. The van der Waals surface area contributed by atoms with E-state index in [1.54, 1.807) is 0 Å². The Hall–Kier alpha value is 0.0400. The molecule has 0 N–H and O–H groups in total. The molecule has 0 bridgehead atoms. The highest BCUT2D eigenvalue weighted by Gasteiger charge is 2.18. The maximum absolute atomic E-state index is 13.4. The third-order valence-electron chi connectivity index (χ3n) is 1.92. The maximum atomic E-state index is 13.4. The van der Waals surface area contributed by atoms with Crippen molar-refractivity contribution in [2.45, 2.75) is 18.7 Å². The smallest absolute Gasteiger partial charge is 0.137 e. The number of hydrogen-bond donors (Lipinski definition) is 0. The molecule has 0 saturated heterocycles. The van der Waals surface area contributed by atoms with Crippen LogP contribution in [0.2, 0.25) is 0 Å². The summed E-state index contributed by atoms with van der Waals surface area (Å²) in [6, 6.07) is 2.38. The normalized spacial score (nSPS) is 13.4. The van der Waals surface area contributed by atoms with Gasteiger partial charge in [0, 0.05) is 10.4 Å². The van der Waals surface area contributed by atoms with Crippen LogP contribution in [0.15, 0.2) is 16.6 Å². The lowest BCUT2D eigenvalue weighted by atomic mass is 10.0. The van der Waals surface area contributed by atoms with E-state index in [0.29, 0.717) is 5.56 Å². The molecule has 0 spiro atoms. The fourth-order valence-electron chi connectivity index (χ4n) is 1.11. The highest BCUT2D eigenvalue weighted by molar-refractivity contribution is 9.10. The monoisotopic (exact) mass is 326 g/mol. The molecule has 0 aliphatic carbocycles. The third-order valence-corrected chi connectivity index (χ3v) is 4.08. The van der Waals surface area contributed by atoms with Crippen molar-refractivity contribution in [2.24, 2.45) is 5.92 Å². The van der Waals surface area contributed by atoms with Gasteiger partial charge in [0.05, 0.1) is 4.47 Å². The Balaban J connectivity index is 3.15. The van der Waals surface area contributed by atoms with Gasteiger partial charge >= 0.3 is 0 Å². The zero-order chi connectivity index (χ0) is 10.9. The van der Waals surface area contributed by atoms with E-state index in [4.69, 9.17) is 0 Å². The molecule has 4 heteroatoms. The minimum Gasteiger partial charge on any atom is -0.207 e. The zero-order valence-electron chi connectivity index (χ0n) is 7.82. The van der Waals surface area contributed by atoms with Crippen LogP contribution in [0.4, 0.5) is 8.78 Å². The molecule has 0 saturated carbocycles. The highest BCUT2D eigenvalue weighted by Crippen LogP contribution is 2.34. The van der Waals surface area contributed by atoms with Crippen molar-refractivity contribution in [1.29, 1.82) is 0 Å². The van der Waals surface area contributed by atoms with Gasteiger partial charge in [-0.25, -0.2) is 8.78 Å². The lowest BCUT2D eigenvalue weighted by Crippen LogP contribution is -2.02. The van der Waals surface area contributed by atoms with Gasteiger partial charge in [-0.05, 0) is 34.0 Å². The molecule has 0 aromatic heterocycles. The summed E-state index contributed by atoms with van der Waals surface area (Å²) in [6.07, 6.45) is 0. The molecule has 0 amide bonds. The van der Waals surface area contributed by atoms with Crippen LogP contribution in [0.25, 0.3) is 0 Å². The predicted octanol–water partition coefficient (Wildman–Crippen LogP) is 4.82. The Morgan fingerprint density at radius 2 is 1.71 bits per heavy atom. The molecule has 0 heterocycles. The molecule has 1 aromatic rings. The first-order valence-corrected chi connectivity index (χ1v) is 5.93. The number of alkyl halides is 1. The number of halogens is 4. The maximum Gasteiger partial charge on any atom is 0.137 e. The van der Waals surface area contributed by atoms with E-state index in [-0.39, 0.29) is 15.2 Å². The van der Waals surface area contributed by atoms with Crippen LogP contribution in [0, 0.1) is 17.6 Å². The van der Waals surface area contributed by atoms with Crippen LogP contribution in [0.3, 0.4) is 0 Å². The molecule has 1 atom stereocenters. The number of hydrogen-bond acceptors (Lipinski definition) is 0.